The zero-order valence-electron chi connectivity index (χ0n) is 10.5. The lowest BCUT2D eigenvalue weighted by molar-refractivity contribution is 0.146. The lowest BCUT2D eigenvalue weighted by Crippen LogP contribution is -2.27. The number of hydrogen-bond donors (Lipinski definition) is 2. The molecule has 17 heavy (non-hydrogen) atoms. The number of benzene rings is 1. The van der Waals surface area contributed by atoms with Crippen molar-refractivity contribution < 1.29 is 5.11 Å². The molecule has 0 aliphatic carbocycles. The normalized spacial score (nSPS) is 12.4. The van der Waals surface area contributed by atoms with Crippen LogP contribution in [0.4, 0.5) is 0 Å². The number of nitrogens with zero attached hydrogens (tertiary/aromatic N) is 1. The van der Waals surface area contributed by atoms with Crippen LogP contribution in [0.15, 0.2) is 24.3 Å². The molecule has 3 heteroatoms. The van der Waals surface area contributed by atoms with Gasteiger partial charge in [0, 0.05) is 13.1 Å². The number of aliphatic hydroxyl groups is 1. The fourth-order valence-corrected chi connectivity index (χ4v) is 1.76. The summed E-state index contributed by atoms with van der Waals surface area (Å²) in [6, 6.07) is 9.62. The summed E-state index contributed by atoms with van der Waals surface area (Å²) in [7, 11) is 0. The summed E-state index contributed by atoms with van der Waals surface area (Å²) >= 11 is 0. The lowest BCUT2D eigenvalue weighted by Gasteiger charge is -2.13. The van der Waals surface area contributed by atoms with Crippen LogP contribution in [0.2, 0.25) is 0 Å². The molecule has 0 aromatic heterocycles. The SMILES string of the molecule is CC(C)CC(O)CNCc1cccc(C#N)c1. The molecule has 0 heterocycles. The van der Waals surface area contributed by atoms with Gasteiger partial charge in [0.05, 0.1) is 17.7 Å². The van der Waals surface area contributed by atoms with Crippen LogP contribution in [0.1, 0.15) is 31.4 Å². The third kappa shape index (κ3) is 5.48. The fraction of sp³-hybridized carbons (Fsp3) is 0.500. The fourth-order valence-electron chi connectivity index (χ4n) is 1.76. The van der Waals surface area contributed by atoms with Crippen LogP contribution in [0, 0.1) is 17.2 Å². The van der Waals surface area contributed by atoms with Crippen molar-refractivity contribution in [1.82, 2.24) is 5.32 Å². The van der Waals surface area contributed by atoms with Crippen molar-refractivity contribution >= 4 is 0 Å². The van der Waals surface area contributed by atoms with Crippen LogP contribution in [0.25, 0.3) is 0 Å². The Morgan fingerprint density at radius 2 is 2.18 bits per heavy atom. The van der Waals surface area contributed by atoms with Crippen LogP contribution in [0.3, 0.4) is 0 Å². The van der Waals surface area contributed by atoms with Gasteiger partial charge in [0.2, 0.25) is 0 Å². The van der Waals surface area contributed by atoms with Crippen LogP contribution in [0.5, 0.6) is 0 Å². The molecule has 1 aromatic rings. The van der Waals surface area contributed by atoms with Crippen molar-refractivity contribution in [2.24, 2.45) is 5.92 Å². The Labute approximate surface area is 103 Å². The summed E-state index contributed by atoms with van der Waals surface area (Å²) in [6.07, 6.45) is 0.514. The first-order chi connectivity index (χ1) is 8.11. The molecular weight excluding hydrogens is 212 g/mol. The van der Waals surface area contributed by atoms with E-state index in [0.717, 1.165) is 12.0 Å². The average molecular weight is 232 g/mol. The first-order valence-electron chi connectivity index (χ1n) is 5.99. The summed E-state index contributed by atoms with van der Waals surface area (Å²) < 4.78 is 0. The Bertz CT molecular complexity index is 382. The van der Waals surface area contributed by atoms with Crippen LogP contribution < -0.4 is 5.32 Å². The molecule has 92 valence electrons. The van der Waals surface area contributed by atoms with Gasteiger partial charge in [-0.3, -0.25) is 0 Å². The van der Waals surface area contributed by atoms with Crippen molar-refractivity contribution in [2.75, 3.05) is 6.54 Å². The standard InChI is InChI=1S/C14H20N2O/c1-11(2)6-14(17)10-16-9-13-5-3-4-12(7-13)8-15/h3-5,7,11,14,16-17H,6,9-10H2,1-2H3. The summed E-state index contributed by atoms with van der Waals surface area (Å²) in [6.45, 7) is 5.47. The molecule has 0 amide bonds. The Morgan fingerprint density at radius 1 is 1.41 bits per heavy atom. The molecule has 1 atom stereocenters. The molecular formula is C14H20N2O. The highest BCUT2D eigenvalue weighted by atomic mass is 16.3. The highest BCUT2D eigenvalue weighted by Crippen LogP contribution is 2.05. The van der Waals surface area contributed by atoms with E-state index in [2.05, 4.69) is 25.2 Å². The van der Waals surface area contributed by atoms with E-state index in [1.165, 1.54) is 0 Å². The summed E-state index contributed by atoms with van der Waals surface area (Å²) in [5, 5.41) is 21.6. The van der Waals surface area contributed by atoms with Gasteiger partial charge in [-0.1, -0.05) is 26.0 Å². The van der Waals surface area contributed by atoms with Gasteiger partial charge in [-0.2, -0.15) is 5.26 Å². The summed E-state index contributed by atoms with van der Waals surface area (Å²) in [5.74, 6) is 0.508. The largest absolute Gasteiger partial charge is 0.392 e. The van der Waals surface area contributed by atoms with E-state index in [-0.39, 0.29) is 6.10 Å². The van der Waals surface area contributed by atoms with Gasteiger partial charge >= 0.3 is 0 Å². The molecule has 2 N–H and O–H groups in total. The molecule has 3 nitrogen and oxygen atoms in total. The molecule has 0 saturated carbocycles. The topological polar surface area (TPSA) is 56.0 Å². The second-order valence-corrected chi connectivity index (χ2v) is 4.73. The lowest BCUT2D eigenvalue weighted by atomic mass is 10.1. The van der Waals surface area contributed by atoms with Crippen molar-refractivity contribution in [2.45, 2.75) is 32.9 Å². The van der Waals surface area contributed by atoms with Crippen molar-refractivity contribution in [3.05, 3.63) is 35.4 Å². The second kappa shape index (κ2) is 7.05. The predicted molar refractivity (Wildman–Crippen MR) is 68.3 cm³/mol. The molecule has 1 aromatic carbocycles. The highest BCUT2D eigenvalue weighted by molar-refractivity contribution is 5.32. The number of rotatable bonds is 6. The minimum Gasteiger partial charge on any atom is -0.392 e. The maximum absolute atomic E-state index is 9.68. The van der Waals surface area contributed by atoms with Crippen LogP contribution >= 0.6 is 0 Å². The second-order valence-electron chi connectivity index (χ2n) is 4.73. The zero-order valence-corrected chi connectivity index (χ0v) is 10.5. The minimum absolute atomic E-state index is 0.297. The van der Waals surface area contributed by atoms with Gasteiger partial charge in [-0.05, 0) is 30.0 Å². The molecule has 0 saturated heterocycles. The maximum atomic E-state index is 9.68. The minimum atomic E-state index is -0.297. The van der Waals surface area contributed by atoms with Crippen LogP contribution in [-0.2, 0) is 6.54 Å². The smallest absolute Gasteiger partial charge is 0.0991 e. The molecule has 0 bridgehead atoms. The number of nitrogens with one attached hydrogen (secondary N) is 1. The van der Waals surface area contributed by atoms with E-state index in [4.69, 9.17) is 5.26 Å². The molecule has 1 unspecified atom stereocenters. The third-order valence-corrected chi connectivity index (χ3v) is 2.51. The van der Waals surface area contributed by atoms with E-state index in [9.17, 15) is 5.11 Å². The number of aliphatic hydroxyl groups excluding tert-OH is 1. The Morgan fingerprint density at radius 3 is 2.82 bits per heavy atom. The first kappa shape index (κ1) is 13.7. The van der Waals surface area contributed by atoms with Crippen molar-refractivity contribution in [1.29, 1.82) is 5.26 Å². The molecule has 0 aliphatic heterocycles. The zero-order chi connectivity index (χ0) is 12.7. The average Bonchev–Trinajstić information content (AvgIpc) is 2.28. The van der Waals surface area contributed by atoms with E-state index in [1.807, 2.05) is 18.2 Å². The van der Waals surface area contributed by atoms with E-state index >= 15 is 0 Å². The monoisotopic (exact) mass is 232 g/mol. The van der Waals surface area contributed by atoms with Crippen molar-refractivity contribution in [3.63, 3.8) is 0 Å². The number of hydrogen-bond acceptors (Lipinski definition) is 3. The van der Waals surface area contributed by atoms with Gasteiger partial charge in [0.25, 0.3) is 0 Å². The summed E-state index contributed by atoms with van der Waals surface area (Å²) in [5.41, 5.74) is 1.74. The van der Waals surface area contributed by atoms with E-state index in [1.54, 1.807) is 6.07 Å². The van der Waals surface area contributed by atoms with Gasteiger partial charge < -0.3 is 10.4 Å². The van der Waals surface area contributed by atoms with Gasteiger partial charge in [-0.15, -0.1) is 0 Å². The van der Waals surface area contributed by atoms with Gasteiger partial charge in [-0.25, -0.2) is 0 Å². The third-order valence-electron chi connectivity index (χ3n) is 2.51. The quantitative estimate of drug-likeness (QED) is 0.789. The Hall–Kier alpha value is -1.37. The van der Waals surface area contributed by atoms with Gasteiger partial charge in [0.15, 0.2) is 0 Å². The molecule has 0 fully saturated rings. The Kier molecular flexibility index (Phi) is 5.68. The molecule has 0 radical (unpaired) electrons. The number of nitriles is 1. The van der Waals surface area contributed by atoms with Gasteiger partial charge in [0.1, 0.15) is 0 Å². The molecule has 0 aliphatic rings. The maximum Gasteiger partial charge on any atom is 0.0991 e. The molecule has 1 rings (SSSR count). The van der Waals surface area contributed by atoms with Crippen molar-refractivity contribution in [3.8, 4) is 6.07 Å². The predicted octanol–water partition coefficient (Wildman–Crippen LogP) is 2.05. The van der Waals surface area contributed by atoms with E-state index in [0.29, 0.717) is 24.6 Å². The van der Waals surface area contributed by atoms with Crippen LogP contribution in [-0.4, -0.2) is 17.8 Å². The summed E-state index contributed by atoms with van der Waals surface area (Å²) in [4.78, 5) is 0. The van der Waals surface area contributed by atoms with E-state index < -0.39 is 0 Å². The highest BCUT2D eigenvalue weighted by Gasteiger charge is 2.06. The first-order valence-corrected chi connectivity index (χ1v) is 5.99. The Balaban J connectivity index is 2.33. The molecule has 0 spiro atoms.